The SMILES string of the molecule is CC(C)C(NC(=O)C(CO)NC(=O)C(Cc1cnc[nH]1)NC(=O)C(N)Cc1cnc[nH]1)C(=O)O. The van der Waals surface area contributed by atoms with Crippen molar-refractivity contribution in [1.82, 2.24) is 35.9 Å². The molecule has 3 amide bonds. The summed E-state index contributed by atoms with van der Waals surface area (Å²) < 4.78 is 0. The standard InChI is InChI=1S/C20H30N8O6/c1-10(2)16(20(33)34)28-19(32)15(7-29)27-18(31)14(4-12-6-23-9-25-12)26-17(30)13(21)3-11-5-22-8-24-11/h5-6,8-10,13-16,29H,3-4,7,21H2,1-2H3,(H,22,24)(H,23,25)(H,26,30)(H,27,31)(H,28,32)(H,33,34). The molecule has 0 fully saturated rings. The van der Waals surface area contributed by atoms with E-state index in [0.29, 0.717) is 11.4 Å². The number of amides is 3. The van der Waals surface area contributed by atoms with Crippen LogP contribution in [0.1, 0.15) is 25.2 Å². The van der Waals surface area contributed by atoms with Crippen LogP contribution in [0.25, 0.3) is 0 Å². The number of carboxylic acid groups (broad SMARTS) is 1. The third-order valence-electron chi connectivity index (χ3n) is 4.99. The molecule has 0 saturated heterocycles. The number of aliphatic carboxylic acids is 1. The number of nitrogens with zero attached hydrogens (tertiary/aromatic N) is 2. The lowest BCUT2D eigenvalue weighted by Gasteiger charge is -2.25. The zero-order chi connectivity index (χ0) is 25.3. The van der Waals surface area contributed by atoms with Crippen LogP contribution in [0.3, 0.4) is 0 Å². The summed E-state index contributed by atoms with van der Waals surface area (Å²) in [6, 6.07) is -4.80. The van der Waals surface area contributed by atoms with Gasteiger partial charge in [-0.15, -0.1) is 0 Å². The highest BCUT2D eigenvalue weighted by Crippen LogP contribution is 2.04. The summed E-state index contributed by atoms with van der Waals surface area (Å²) in [7, 11) is 0. The van der Waals surface area contributed by atoms with Gasteiger partial charge in [0.2, 0.25) is 17.7 Å². The van der Waals surface area contributed by atoms with Crippen LogP contribution in [0.2, 0.25) is 0 Å². The van der Waals surface area contributed by atoms with Gasteiger partial charge in [-0.05, 0) is 5.92 Å². The first-order valence-electron chi connectivity index (χ1n) is 10.6. The van der Waals surface area contributed by atoms with Gasteiger partial charge in [0.05, 0.1) is 25.3 Å². The Balaban J connectivity index is 2.09. The molecule has 14 nitrogen and oxygen atoms in total. The van der Waals surface area contributed by atoms with E-state index in [1.165, 1.54) is 25.0 Å². The van der Waals surface area contributed by atoms with Crippen molar-refractivity contribution in [2.45, 2.75) is 50.9 Å². The van der Waals surface area contributed by atoms with E-state index < -0.39 is 60.4 Å². The zero-order valence-corrected chi connectivity index (χ0v) is 18.8. The first-order valence-corrected chi connectivity index (χ1v) is 10.6. The average Bonchev–Trinajstić information content (AvgIpc) is 3.48. The quantitative estimate of drug-likeness (QED) is 0.151. The molecule has 0 radical (unpaired) electrons. The third-order valence-corrected chi connectivity index (χ3v) is 4.99. The highest BCUT2D eigenvalue weighted by Gasteiger charge is 2.31. The third kappa shape index (κ3) is 7.67. The highest BCUT2D eigenvalue weighted by atomic mass is 16.4. The molecule has 4 atom stereocenters. The molecule has 186 valence electrons. The summed E-state index contributed by atoms with van der Waals surface area (Å²) >= 11 is 0. The summed E-state index contributed by atoms with van der Waals surface area (Å²) in [6.45, 7) is 2.42. The van der Waals surface area contributed by atoms with Crippen molar-refractivity contribution in [2.24, 2.45) is 11.7 Å². The van der Waals surface area contributed by atoms with Gasteiger partial charge in [0.15, 0.2) is 0 Å². The van der Waals surface area contributed by atoms with E-state index in [1.54, 1.807) is 13.8 Å². The van der Waals surface area contributed by atoms with Gasteiger partial charge in [-0.1, -0.05) is 13.8 Å². The predicted molar refractivity (Wildman–Crippen MR) is 118 cm³/mol. The number of carbonyl (C=O) groups excluding carboxylic acids is 3. The fourth-order valence-electron chi connectivity index (χ4n) is 3.06. The first kappa shape index (κ1) is 26.5. The number of carbonyl (C=O) groups is 4. The Morgan fingerprint density at radius 3 is 1.91 bits per heavy atom. The van der Waals surface area contributed by atoms with Gasteiger partial charge in [0.25, 0.3) is 0 Å². The number of hydrogen-bond acceptors (Lipinski definition) is 8. The number of H-pyrrole nitrogens is 2. The van der Waals surface area contributed by atoms with Crippen LogP contribution in [0, 0.1) is 5.92 Å². The van der Waals surface area contributed by atoms with E-state index in [9.17, 15) is 29.4 Å². The lowest BCUT2D eigenvalue weighted by Crippen LogP contribution is -2.59. The maximum Gasteiger partial charge on any atom is 0.326 e. The van der Waals surface area contributed by atoms with Crippen molar-refractivity contribution in [3.8, 4) is 0 Å². The first-order chi connectivity index (χ1) is 16.1. The maximum atomic E-state index is 12.9. The number of aromatic nitrogens is 4. The van der Waals surface area contributed by atoms with Crippen LogP contribution in [0.5, 0.6) is 0 Å². The number of aliphatic hydroxyl groups excluding tert-OH is 1. The van der Waals surface area contributed by atoms with E-state index in [0.717, 1.165) is 0 Å². The fraction of sp³-hybridized carbons (Fsp3) is 0.500. The van der Waals surface area contributed by atoms with Crippen LogP contribution in [0.15, 0.2) is 25.0 Å². The molecule has 0 spiro atoms. The van der Waals surface area contributed by atoms with Crippen molar-refractivity contribution >= 4 is 23.7 Å². The van der Waals surface area contributed by atoms with E-state index in [1.807, 2.05) is 0 Å². The Bertz CT molecular complexity index is 946. The maximum absolute atomic E-state index is 12.9. The molecule has 34 heavy (non-hydrogen) atoms. The van der Waals surface area contributed by atoms with Crippen molar-refractivity contribution in [1.29, 1.82) is 0 Å². The average molecular weight is 479 g/mol. The Hall–Kier alpha value is -3.78. The molecule has 4 unspecified atom stereocenters. The van der Waals surface area contributed by atoms with Gasteiger partial charge in [-0.2, -0.15) is 0 Å². The Labute approximate surface area is 195 Å². The smallest absolute Gasteiger partial charge is 0.326 e. The number of nitrogens with one attached hydrogen (secondary N) is 5. The molecule has 2 heterocycles. The predicted octanol–water partition coefficient (Wildman–Crippen LogP) is -2.57. The molecule has 9 N–H and O–H groups in total. The second kappa shape index (κ2) is 12.5. The molecule has 14 heteroatoms. The Morgan fingerprint density at radius 1 is 0.912 bits per heavy atom. The minimum atomic E-state index is -1.44. The Kier molecular flexibility index (Phi) is 9.70. The van der Waals surface area contributed by atoms with E-state index in [-0.39, 0.29) is 12.8 Å². The summed E-state index contributed by atoms with van der Waals surface area (Å²) in [5.41, 5.74) is 7.10. The summed E-state index contributed by atoms with van der Waals surface area (Å²) in [5, 5.41) is 26.1. The van der Waals surface area contributed by atoms with E-state index in [2.05, 4.69) is 35.9 Å². The van der Waals surface area contributed by atoms with Gasteiger partial charge in [-0.3, -0.25) is 14.4 Å². The molecule has 2 rings (SSSR count). The van der Waals surface area contributed by atoms with Gasteiger partial charge < -0.3 is 41.9 Å². The van der Waals surface area contributed by atoms with Crippen LogP contribution in [-0.4, -0.2) is 84.6 Å². The normalized spacial score (nSPS) is 14.6. The fourth-order valence-corrected chi connectivity index (χ4v) is 3.06. The highest BCUT2D eigenvalue weighted by molar-refractivity contribution is 5.94. The van der Waals surface area contributed by atoms with Crippen molar-refractivity contribution in [3.05, 3.63) is 36.4 Å². The second-order valence-electron chi connectivity index (χ2n) is 8.04. The summed E-state index contributed by atoms with van der Waals surface area (Å²) in [6.07, 6.45) is 5.98. The Morgan fingerprint density at radius 2 is 1.44 bits per heavy atom. The molecular formula is C20H30N8O6. The van der Waals surface area contributed by atoms with Crippen molar-refractivity contribution < 1.29 is 29.4 Å². The molecular weight excluding hydrogens is 448 g/mol. The largest absolute Gasteiger partial charge is 0.480 e. The minimum absolute atomic E-state index is 0.00212. The van der Waals surface area contributed by atoms with Gasteiger partial charge in [0, 0.05) is 36.6 Å². The number of hydrogen-bond donors (Lipinski definition) is 8. The second-order valence-corrected chi connectivity index (χ2v) is 8.04. The molecule has 0 saturated carbocycles. The van der Waals surface area contributed by atoms with Gasteiger partial charge in [0.1, 0.15) is 18.1 Å². The molecule has 0 bridgehead atoms. The van der Waals surface area contributed by atoms with Crippen LogP contribution in [-0.2, 0) is 32.0 Å². The van der Waals surface area contributed by atoms with Crippen molar-refractivity contribution in [2.75, 3.05) is 6.61 Å². The molecule has 2 aromatic rings. The van der Waals surface area contributed by atoms with Gasteiger partial charge >= 0.3 is 5.97 Å². The number of carboxylic acids is 1. The van der Waals surface area contributed by atoms with E-state index in [4.69, 9.17) is 5.73 Å². The number of rotatable bonds is 13. The lowest BCUT2D eigenvalue weighted by atomic mass is 10.0. The number of imidazole rings is 2. The van der Waals surface area contributed by atoms with Crippen LogP contribution >= 0.6 is 0 Å². The number of aliphatic hydroxyl groups is 1. The zero-order valence-electron chi connectivity index (χ0n) is 18.8. The van der Waals surface area contributed by atoms with Gasteiger partial charge in [-0.25, -0.2) is 14.8 Å². The lowest BCUT2D eigenvalue weighted by molar-refractivity contribution is -0.143. The molecule has 0 aromatic carbocycles. The number of nitrogens with two attached hydrogens (primary N) is 1. The topological polar surface area (TPSA) is 228 Å². The molecule has 0 aliphatic rings. The molecule has 0 aliphatic carbocycles. The van der Waals surface area contributed by atoms with E-state index >= 15 is 0 Å². The minimum Gasteiger partial charge on any atom is -0.480 e. The van der Waals surface area contributed by atoms with Crippen molar-refractivity contribution in [3.63, 3.8) is 0 Å². The monoisotopic (exact) mass is 478 g/mol. The molecule has 2 aromatic heterocycles. The summed E-state index contributed by atoms with van der Waals surface area (Å²) in [4.78, 5) is 62.8. The summed E-state index contributed by atoms with van der Waals surface area (Å²) in [5.74, 6) is -3.95. The van der Waals surface area contributed by atoms with Crippen LogP contribution in [0.4, 0.5) is 0 Å². The molecule has 0 aliphatic heterocycles. The van der Waals surface area contributed by atoms with Crippen LogP contribution < -0.4 is 21.7 Å². The number of aromatic amines is 2.